The van der Waals surface area contributed by atoms with E-state index in [0.29, 0.717) is 25.0 Å². The molecular weight excluding hydrogens is 190 g/mol. The van der Waals surface area contributed by atoms with E-state index in [0.717, 1.165) is 26.1 Å². The Morgan fingerprint density at radius 2 is 2.00 bits per heavy atom. The summed E-state index contributed by atoms with van der Waals surface area (Å²) in [5.41, 5.74) is 0. The fourth-order valence-corrected chi connectivity index (χ4v) is 1.60. The van der Waals surface area contributed by atoms with Gasteiger partial charge in [0, 0.05) is 32.4 Å². The van der Waals surface area contributed by atoms with E-state index < -0.39 is 0 Å². The minimum atomic E-state index is -0.270. The van der Waals surface area contributed by atoms with Gasteiger partial charge in [0.05, 0.1) is 0 Å². The van der Waals surface area contributed by atoms with Crippen molar-refractivity contribution in [3.05, 3.63) is 0 Å². The van der Waals surface area contributed by atoms with Gasteiger partial charge in [-0.3, -0.25) is 9.59 Å². The Morgan fingerprint density at radius 3 is 2.54 bits per heavy atom. The maximum atomic E-state index is 10.9. The van der Waals surface area contributed by atoms with Crippen molar-refractivity contribution in [3.8, 4) is 0 Å². The van der Waals surface area contributed by atoms with E-state index in [9.17, 15) is 9.59 Å². The van der Waals surface area contributed by atoms with Crippen LogP contribution in [0.4, 0.5) is 0 Å². The fraction of sp³-hybridized carbons (Fsp3) is 0.778. The van der Waals surface area contributed by atoms with Gasteiger partial charge in [-0.15, -0.1) is 0 Å². The molecule has 0 aromatic heterocycles. The van der Waals surface area contributed by atoms with Crippen molar-refractivity contribution in [3.63, 3.8) is 0 Å². The standard InChI is InChI=1S/C9H14ClNO2/c10-9(13)2-1-5-11-6-3-8(12)4-7-11/h1-7H2. The number of halogens is 1. The molecule has 0 aliphatic carbocycles. The smallest absolute Gasteiger partial charge is 0.221 e. The highest BCUT2D eigenvalue weighted by Gasteiger charge is 2.15. The SMILES string of the molecule is O=C(Cl)CCCN1CCC(=O)CC1. The van der Waals surface area contributed by atoms with E-state index >= 15 is 0 Å². The van der Waals surface area contributed by atoms with Crippen LogP contribution < -0.4 is 0 Å². The maximum Gasteiger partial charge on any atom is 0.221 e. The van der Waals surface area contributed by atoms with Crippen molar-refractivity contribution in [1.82, 2.24) is 4.90 Å². The predicted octanol–water partition coefficient (Wildman–Crippen LogP) is 1.20. The third-order valence-corrected chi connectivity index (χ3v) is 2.45. The van der Waals surface area contributed by atoms with Gasteiger partial charge in [-0.1, -0.05) is 0 Å². The van der Waals surface area contributed by atoms with Crippen molar-refractivity contribution in [1.29, 1.82) is 0 Å². The van der Waals surface area contributed by atoms with E-state index in [2.05, 4.69) is 4.90 Å². The van der Waals surface area contributed by atoms with Crippen molar-refractivity contribution in [2.24, 2.45) is 0 Å². The Bertz CT molecular complexity index is 196. The van der Waals surface area contributed by atoms with Gasteiger partial charge in [0.2, 0.25) is 5.24 Å². The van der Waals surface area contributed by atoms with Gasteiger partial charge in [-0.05, 0) is 24.6 Å². The molecule has 4 heteroatoms. The van der Waals surface area contributed by atoms with Gasteiger partial charge < -0.3 is 4.90 Å². The molecule has 74 valence electrons. The largest absolute Gasteiger partial charge is 0.302 e. The van der Waals surface area contributed by atoms with Crippen LogP contribution in [-0.2, 0) is 9.59 Å². The summed E-state index contributed by atoms with van der Waals surface area (Å²) in [6.45, 7) is 2.57. The normalized spacial score (nSPS) is 19.0. The number of hydrogen-bond acceptors (Lipinski definition) is 3. The van der Waals surface area contributed by atoms with Gasteiger partial charge in [-0.25, -0.2) is 0 Å². The summed E-state index contributed by atoms with van der Waals surface area (Å²) in [6, 6.07) is 0. The molecule has 0 aromatic rings. The molecule has 0 N–H and O–H groups in total. The van der Waals surface area contributed by atoms with Crippen molar-refractivity contribution < 1.29 is 9.59 Å². The third-order valence-electron chi connectivity index (χ3n) is 2.26. The molecule has 1 aliphatic heterocycles. The Labute approximate surface area is 83.0 Å². The Hall–Kier alpha value is -0.410. The first-order valence-corrected chi connectivity index (χ1v) is 4.98. The van der Waals surface area contributed by atoms with Crippen LogP contribution in [0, 0.1) is 0 Å². The lowest BCUT2D eigenvalue weighted by Gasteiger charge is -2.25. The molecule has 0 amide bonds. The molecule has 13 heavy (non-hydrogen) atoms. The van der Waals surface area contributed by atoms with Crippen molar-refractivity contribution >= 4 is 22.6 Å². The summed E-state index contributed by atoms with van der Waals surface area (Å²) in [5, 5.41) is -0.270. The van der Waals surface area contributed by atoms with E-state index in [1.807, 2.05) is 0 Å². The van der Waals surface area contributed by atoms with Gasteiger partial charge >= 0.3 is 0 Å². The zero-order valence-electron chi connectivity index (χ0n) is 7.59. The second-order valence-corrected chi connectivity index (χ2v) is 3.76. The van der Waals surface area contributed by atoms with Gasteiger partial charge in [0.25, 0.3) is 0 Å². The van der Waals surface area contributed by atoms with E-state index in [1.165, 1.54) is 0 Å². The highest BCUT2D eigenvalue weighted by molar-refractivity contribution is 6.63. The van der Waals surface area contributed by atoms with E-state index in [1.54, 1.807) is 0 Å². The molecule has 1 heterocycles. The van der Waals surface area contributed by atoms with Gasteiger partial charge in [-0.2, -0.15) is 0 Å². The molecule has 3 nitrogen and oxygen atoms in total. The predicted molar refractivity (Wildman–Crippen MR) is 50.8 cm³/mol. The molecule has 0 atom stereocenters. The van der Waals surface area contributed by atoms with E-state index in [-0.39, 0.29) is 5.24 Å². The molecule has 1 rings (SSSR count). The van der Waals surface area contributed by atoms with Crippen LogP contribution in [0.1, 0.15) is 25.7 Å². The average molecular weight is 204 g/mol. The Kier molecular flexibility index (Phi) is 4.39. The number of nitrogens with zero attached hydrogens (tertiary/aromatic N) is 1. The number of hydrogen-bond donors (Lipinski definition) is 0. The zero-order chi connectivity index (χ0) is 9.68. The third kappa shape index (κ3) is 4.39. The molecule has 0 bridgehead atoms. The van der Waals surface area contributed by atoms with Crippen LogP contribution in [0.25, 0.3) is 0 Å². The summed E-state index contributed by atoms with van der Waals surface area (Å²) in [7, 11) is 0. The molecule has 0 saturated carbocycles. The Balaban J connectivity index is 2.09. The molecule has 1 fully saturated rings. The highest BCUT2D eigenvalue weighted by Crippen LogP contribution is 2.07. The first-order valence-electron chi connectivity index (χ1n) is 4.61. The number of carbonyl (C=O) groups excluding carboxylic acids is 2. The van der Waals surface area contributed by atoms with Gasteiger partial charge in [0.1, 0.15) is 5.78 Å². The summed E-state index contributed by atoms with van der Waals surface area (Å²) in [4.78, 5) is 23.5. The number of rotatable bonds is 4. The van der Waals surface area contributed by atoms with E-state index in [4.69, 9.17) is 11.6 Å². The first kappa shape index (κ1) is 10.7. The van der Waals surface area contributed by atoms with Crippen LogP contribution in [0.2, 0.25) is 0 Å². The van der Waals surface area contributed by atoms with Crippen molar-refractivity contribution in [2.75, 3.05) is 19.6 Å². The lowest BCUT2D eigenvalue weighted by atomic mass is 10.1. The minimum Gasteiger partial charge on any atom is -0.302 e. The summed E-state index contributed by atoms with van der Waals surface area (Å²) < 4.78 is 0. The highest BCUT2D eigenvalue weighted by atomic mass is 35.5. The fourth-order valence-electron chi connectivity index (χ4n) is 1.47. The lowest BCUT2D eigenvalue weighted by Crippen LogP contribution is -2.34. The van der Waals surface area contributed by atoms with Gasteiger partial charge in [0.15, 0.2) is 0 Å². The van der Waals surface area contributed by atoms with Crippen molar-refractivity contribution in [2.45, 2.75) is 25.7 Å². The molecule has 0 radical (unpaired) electrons. The lowest BCUT2D eigenvalue weighted by molar-refractivity contribution is -0.121. The van der Waals surface area contributed by atoms with Crippen LogP contribution in [0.15, 0.2) is 0 Å². The molecule has 1 aliphatic rings. The zero-order valence-corrected chi connectivity index (χ0v) is 8.35. The molecular formula is C9H14ClNO2. The molecule has 0 aromatic carbocycles. The Morgan fingerprint density at radius 1 is 1.38 bits per heavy atom. The monoisotopic (exact) mass is 203 g/mol. The number of piperidine rings is 1. The summed E-state index contributed by atoms with van der Waals surface area (Å²) in [6.07, 6.45) is 2.56. The number of Topliss-reactive ketones (excluding diaryl/α,β-unsaturated/α-hetero) is 1. The van der Waals surface area contributed by atoms with Crippen LogP contribution >= 0.6 is 11.6 Å². The average Bonchev–Trinajstić information content (AvgIpc) is 2.08. The minimum absolute atomic E-state index is 0.270. The quantitative estimate of drug-likeness (QED) is 0.645. The molecule has 1 saturated heterocycles. The summed E-state index contributed by atoms with van der Waals surface area (Å²) >= 11 is 5.21. The van der Waals surface area contributed by atoms with Crippen LogP contribution in [-0.4, -0.2) is 35.6 Å². The number of ketones is 1. The first-order chi connectivity index (χ1) is 6.18. The number of carbonyl (C=O) groups is 2. The summed E-state index contributed by atoms with van der Waals surface area (Å²) in [5.74, 6) is 0.352. The maximum absolute atomic E-state index is 10.9. The second-order valence-electron chi connectivity index (χ2n) is 3.34. The second kappa shape index (κ2) is 5.35. The number of likely N-dealkylation sites (tertiary alicyclic amines) is 1. The molecule has 0 unspecified atom stereocenters. The van der Waals surface area contributed by atoms with Crippen LogP contribution in [0.5, 0.6) is 0 Å². The molecule has 0 spiro atoms. The van der Waals surface area contributed by atoms with Crippen LogP contribution in [0.3, 0.4) is 0 Å². The topological polar surface area (TPSA) is 37.4 Å².